The minimum absolute atomic E-state index is 0.117. The summed E-state index contributed by atoms with van der Waals surface area (Å²) in [5.41, 5.74) is 4.65. The first-order valence-electron chi connectivity index (χ1n) is 11.7. The highest BCUT2D eigenvalue weighted by atomic mass is 32.2. The SMILES string of the molecule is CCc1cccc2c(/C=C3\SC(=O)N(c4ccc(C)cc4)C3=O)cn(CC(=O)N3CCCC3)c12. The molecule has 34 heavy (non-hydrogen) atoms. The molecule has 5 rings (SSSR count). The van der Waals surface area contributed by atoms with Crippen LogP contribution in [0.3, 0.4) is 0 Å². The largest absolute Gasteiger partial charge is 0.341 e. The predicted molar refractivity (Wildman–Crippen MR) is 137 cm³/mol. The Hall–Kier alpha value is -3.32. The normalized spacial score (nSPS) is 17.5. The second-order valence-corrected chi connectivity index (χ2v) is 9.81. The molecule has 3 aromatic rings. The maximum Gasteiger partial charge on any atom is 0.298 e. The molecule has 0 saturated carbocycles. The summed E-state index contributed by atoms with van der Waals surface area (Å²) < 4.78 is 2.00. The van der Waals surface area contributed by atoms with Crippen molar-refractivity contribution in [2.45, 2.75) is 39.7 Å². The van der Waals surface area contributed by atoms with Crippen LogP contribution in [-0.2, 0) is 22.6 Å². The molecule has 7 heteroatoms. The fourth-order valence-electron chi connectivity index (χ4n) is 4.73. The van der Waals surface area contributed by atoms with E-state index in [1.807, 2.05) is 46.9 Å². The molecular weight excluding hydrogens is 446 g/mol. The van der Waals surface area contributed by atoms with Gasteiger partial charge in [-0.25, -0.2) is 4.90 Å². The molecule has 2 aromatic carbocycles. The van der Waals surface area contributed by atoms with Gasteiger partial charge in [-0.2, -0.15) is 0 Å². The van der Waals surface area contributed by atoms with Crippen LogP contribution in [-0.4, -0.2) is 39.6 Å². The van der Waals surface area contributed by atoms with E-state index in [0.717, 1.165) is 71.7 Å². The topological polar surface area (TPSA) is 62.6 Å². The molecular formula is C27H27N3O3S. The van der Waals surface area contributed by atoms with Crippen molar-refractivity contribution < 1.29 is 14.4 Å². The van der Waals surface area contributed by atoms with Gasteiger partial charge in [0.15, 0.2) is 0 Å². The predicted octanol–water partition coefficient (Wildman–Crippen LogP) is 5.38. The lowest BCUT2D eigenvalue weighted by molar-refractivity contribution is -0.130. The molecule has 0 atom stereocenters. The van der Waals surface area contributed by atoms with Gasteiger partial charge in [-0.1, -0.05) is 42.8 Å². The molecule has 0 aliphatic carbocycles. The van der Waals surface area contributed by atoms with E-state index in [2.05, 4.69) is 13.0 Å². The van der Waals surface area contributed by atoms with Crippen LogP contribution in [0, 0.1) is 6.92 Å². The minimum atomic E-state index is -0.320. The van der Waals surface area contributed by atoms with Crippen molar-refractivity contribution in [2.24, 2.45) is 0 Å². The Morgan fingerprint density at radius 3 is 2.50 bits per heavy atom. The monoisotopic (exact) mass is 473 g/mol. The molecule has 2 saturated heterocycles. The van der Waals surface area contributed by atoms with E-state index in [-0.39, 0.29) is 23.6 Å². The smallest absolute Gasteiger partial charge is 0.298 e. The molecule has 0 radical (unpaired) electrons. The lowest BCUT2D eigenvalue weighted by Gasteiger charge is -2.16. The third-order valence-electron chi connectivity index (χ3n) is 6.53. The zero-order valence-corrected chi connectivity index (χ0v) is 20.2. The fourth-order valence-corrected chi connectivity index (χ4v) is 5.56. The Kier molecular flexibility index (Phi) is 6.04. The summed E-state index contributed by atoms with van der Waals surface area (Å²) in [5.74, 6) is -0.203. The Balaban J connectivity index is 1.52. The standard InChI is InChI=1S/C27H27N3O3S/c1-3-19-7-6-8-22-20(16-29(25(19)22)17-24(31)28-13-4-5-14-28)15-23-26(32)30(27(33)34-23)21-11-9-18(2)10-12-21/h6-12,15-16H,3-5,13-14,17H2,1-2H3/b23-15-. The molecule has 0 spiro atoms. The molecule has 3 heterocycles. The first kappa shape index (κ1) is 22.5. The van der Waals surface area contributed by atoms with Crippen LogP contribution in [0.4, 0.5) is 10.5 Å². The van der Waals surface area contributed by atoms with Crippen LogP contribution in [0.2, 0.25) is 0 Å². The van der Waals surface area contributed by atoms with Gasteiger partial charge in [0.1, 0.15) is 6.54 Å². The summed E-state index contributed by atoms with van der Waals surface area (Å²) in [4.78, 5) is 42.3. The number of aromatic nitrogens is 1. The van der Waals surface area contributed by atoms with E-state index in [1.165, 1.54) is 4.90 Å². The lowest BCUT2D eigenvalue weighted by atomic mass is 10.1. The van der Waals surface area contributed by atoms with Gasteiger partial charge in [0.05, 0.1) is 16.1 Å². The number of likely N-dealkylation sites (tertiary alicyclic amines) is 1. The number of para-hydroxylation sites is 1. The van der Waals surface area contributed by atoms with Crippen molar-refractivity contribution in [1.29, 1.82) is 0 Å². The highest BCUT2D eigenvalue weighted by Gasteiger charge is 2.36. The van der Waals surface area contributed by atoms with E-state index >= 15 is 0 Å². The molecule has 1 aromatic heterocycles. The number of imide groups is 1. The Morgan fingerprint density at radius 1 is 1.06 bits per heavy atom. The number of carbonyl (C=O) groups is 3. The number of anilines is 1. The molecule has 0 bridgehead atoms. The van der Waals surface area contributed by atoms with Crippen molar-refractivity contribution in [2.75, 3.05) is 18.0 Å². The number of hydrogen-bond acceptors (Lipinski definition) is 4. The number of fused-ring (bicyclic) bond motifs is 1. The van der Waals surface area contributed by atoms with Gasteiger partial charge in [0.25, 0.3) is 11.1 Å². The van der Waals surface area contributed by atoms with Crippen molar-refractivity contribution in [3.63, 3.8) is 0 Å². The molecule has 6 nitrogen and oxygen atoms in total. The van der Waals surface area contributed by atoms with E-state index in [4.69, 9.17) is 0 Å². The maximum atomic E-state index is 13.2. The van der Waals surface area contributed by atoms with Gasteiger partial charge in [0.2, 0.25) is 5.91 Å². The Morgan fingerprint density at radius 2 is 1.79 bits per heavy atom. The van der Waals surface area contributed by atoms with Gasteiger partial charge in [-0.05, 0) is 61.7 Å². The average molecular weight is 474 g/mol. The van der Waals surface area contributed by atoms with Crippen LogP contribution < -0.4 is 4.90 Å². The molecule has 2 fully saturated rings. The van der Waals surface area contributed by atoms with Gasteiger partial charge in [0, 0.05) is 30.2 Å². The van der Waals surface area contributed by atoms with Gasteiger partial charge in [-0.15, -0.1) is 0 Å². The molecule has 3 amide bonds. The van der Waals surface area contributed by atoms with Crippen LogP contribution >= 0.6 is 11.8 Å². The van der Waals surface area contributed by atoms with E-state index in [1.54, 1.807) is 18.2 Å². The van der Waals surface area contributed by atoms with Crippen LogP contribution in [0.15, 0.2) is 53.6 Å². The zero-order valence-electron chi connectivity index (χ0n) is 19.4. The number of benzene rings is 2. The highest BCUT2D eigenvalue weighted by Crippen LogP contribution is 2.37. The summed E-state index contributed by atoms with van der Waals surface area (Å²) in [6, 6.07) is 13.5. The number of aryl methyl sites for hydroxylation is 2. The fraction of sp³-hybridized carbons (Fsp3) is 0.296. The van der Waals surface area contributed by atoms with E-state index < -0.39 is 0 Å². The van der Waals surface area contributed by atoms with E-state index in [9.17, 15) is 14.4 Å². The first-order valence-corrected chi connectivity index (χ1v) is 12.5. The van der Waals surface area contributed by atoms with Gasteiger partial charge >= 0.3 is 0 Å². The lowest BCUT2D eigenvalue weighted by Crippen LogP contribution is -2.30. The zero-order chi connectivity index (χ0) is 23.8. The average Bonchev–Trinajstić information content (AvgIpc) is 3.55. The first-order chi connectivity index (χ1) is 16.5. The quantitative estimate of drug-likeness (QED) is 0.467. The summed E-state index contributed by atoms with van der Waals surface area (Å²) in [6.45, 7) is 5.97. The van der Waals surface area contributed by atoms with Crippen LogP contribution in [0.1, 0.15) is 36.5 Å². The van der Waals surface area contributed by atoms with Crippen molar-refractivity contribution in [3.05, 3.63) is 70.3 Å². The molecule has 0 unspecified atom stereocenters. The third-order valence-corrected chi connectivity index (χ3v) is 7.40. The number of nitrogens with zero attached hydrogens (tertiary/aromatic N) is 3. The molecule has 174 valence electrons. The molecule has 2 aliphatic rings. The minimum Gasteiger partial charge on any atom is -0.341 e. The van der Waals surface area contributed by atoms with Crippen LogP contribution in [0.5, 0.6) is 0 Å². The second-order valence-electron chi connectivity index (χ2n) is 8.82. The van der Waals surface area contributed by atoms with Gasteiger partial charge in [-0.3, -0.25) is 14.4 Å². The summed E-state index contributed by atoms with van der Waals surface area (Å²) in [5, 5.41) is 0.679. The number of thioether (sulfide) groups is 1. The Bertz CT molecular complexity index is 1320. The summed E-state index contributed by atoms with van der Waals surface area (Å²) in [6.07, 6.45) is 6.68. The second kappa shape index (κ2) is 9.14. The van der Waals surface area contributed by atoms with Crippen molar-refractivity contribution >= 4 is 51.5 Å². The van der Waals surface area contributed by atoms with Crippen molar-refractivity contribution in [1.82, 2.24) is 9.47 Å². The number of amides is 3. The number of hydrogen-bond donors (Lipinski definition) is 0. The third kappa shape index (κ3) is 4.05. The maximum absolute atomic E-state index is 13.2. The van der Waals surface area contributed by atoms with E-state index in [0.29, 0.717) is 10.6 Å². The van der Waals surface area contributed by atoms with Crippen molar-refractivity contribution in [3.8, 4) is 0 Å². The number of rotatable bonds is 5. The summed E-state index contributed by atoms with van der Waals surface area (Å²) >= 11 is 0.952. The Labute approximate surface area is 203 Å². The highest BCUT2D eigenvalue weighted by molar-refractivity contribution is 8.19. The number of carbonyl (C=O) groups excluding carboxylic acids is 3. The molecule has 0 N–H and O–H groups in total. The molecule has 2 aliphatic heterocycles. The van der Waals surface area contributed by atoms with Gasteiger partial charge < -0.3 is 9.47 Å². The summed E-state index contributed by atoms with van der Waals surface area (Å²) in [7, 11) is 0. The van der Waals surface area contributed by atoms with Crippen LogP contribution in [0.25, 0.3) is 17.0 Å².